The van der Waals surface area contributed by atoms with E-state index in [4.69, 9.17) is 9.47 Å². The number of anilines is 1. The summed E-state index contributed by atoms with van der Waals surface area (Å²) in [5, 5.41) is 0. The average Bonchev–Trinajstić information content (AvgIpc) is 2.45. The number of hydrogen-bond donors (Lipinski definition) is 0. The summed E-state index contributed by atoms with van der Waals surface area (Å²) < 4.78 is 9.75. The van der Waals surface area contributed by atoms with E-state index in [2.05, 4.69) is 0 Å². The molecule has 108 valence electrons. The molecule has 5 nitrogen and oxygen atoms in total. The number of rotatable bonds is 6. The van der Waals surface area contributed by atoms with E-state index in [1.807, 2.05) is 30.3 Å². The fourth-order valence-electron chi connectivity index (χ4n) is 1.54. The Bertz CT molecular complexity index is 462. The molecule has 5 heteroatoms. The van der Waals surface area contributed by atoms with Crippen molar-refractivity contribution in [3.8, 4) is 0 Å². The quantitative estimate of drug-likeness (QED) is 0.345. The minimum atomic E-state index is -0.686. The largest absolute Gasteiger partial charge is 0.462 e. The SMILES string of the molecule is CCOC(=O)C(=CN(C)c1ccccc1)C(=O)OCC. The predicted octanol–water partition coefficient (Wildman–Crippen LogP) is 2.13. The molecule has 1 rings (SSSR count). The van der Waals surface area contributed by atoms with Crippen LogP contribution in [0.4, 0.5) is 5.69 Å². The number of ether oxygens (including phenoxy) is 2. The Kier molecular flexibility index (Phi) is 6.29. The summed E-state index contributed by atoms with van der Waals surface area (Å²) in [7, 11) is 1.74. The molecule has 1 aromatic rings. The minimum Gasteiger partial charge on any atom is -0.462 e. The van der Waals surface area contributed by atoms with Crippen molar-refractivity contribution in [2.24, 2.45) is 0 Å². The van der Waals surface area contributed by atoms with Gasteiger partial charge in [0, 0.05) is 18.9 Å². The Labute approximate surface area is 118 Å². The van der Waals surface area contributed by atoms with Gasteiger partial charge in [0.15, 0.2) is 5.57 Å². The van der Waals surface area contributed by atoms with Gasteiger partial charge in [0.25, 0.3) is 0 Å². The lowest BCUT2D eigenvalue weighted by molar-refractivity contribution is -0.146. The molecule has 0 saturated heterocycles. The zero-order chi connectivity index (χ0) is 15.0. The van der Waals surface area contributed by atoms with Crippen LogP contribution in [-0.4, -0.2) is 32.2 Å². The van der Waals surface area contributed by atoms with Gasteiger partial charge in [0.2, 0.25) is 0 Å². The highest BCUT2D eigenvalue weighted by Gasteiger charge is 2.21. The van der Waals surface area contributed by atoms with Crippen molar-refractivity contribution in [2.45, 2.75) is 13.8 Å². The third-order valence-corrected chi connectivity index (χ3v) is 2.48. The van der Waals surface area contributed by atoms with Crippen molar-refractivity contribution in [3.63, 3.8) is 0 Å². The van der Waals surface area contributed by atoms with E-state index in [1.54, 1.807) is 25.8 Å². The molecular formula is C15H19NO4. The fraction of sp³-hybridized carbons (Fsp3) is 0.333. The standard InChI is InChI=1S/C15H19NO4/c1-4-19-14(17)13(15(18)20-5-2)11-16(3)12-9-7-6-8-10-12/h6-11H,4-5H2,1-3H3. The fourth-order valence-corrected chi connectivity index (χ4v) is 1.54. The monoisotopic (exact) mass is 277 g/mol. The lowest BCUT2D eigenvalue weighted by Gasteiger charge is -2.16. The van der Waals surface area contributed by atoms with Gasteiger partial charge in [-0.15, -0.1) is 0 Å². The predicted molar refractivity (Wildman–Crippen MR) is 76.2 cm³/mol. The Morgan fingerprint density at radius 2 is 1.55 bits per heavy atom. The molecule has 0 radical (unpaired) electrons. The zero-order valence-electron chi connectivity index (χ0n) is 12.0. The molecule has 1 aromatic carbocycles. The molecule has 0 unspecified atom stereocenters. The van der Waals surface area contributed by atoms with E-state index >= 15 is 0 Å². The van der Waals surface area contributed by atoms with Crippen molar-refractivity contribution in [1.29, 1.82) is 0 Å². The summed E-state index contributed by atoms with van der Waals surface area (Å²) >= 11 is 0. The van der Waals surface area contributed by atoms with Crippen LogP contribution in [-0.2, 0) is 19.1 Å². The smallest absolute Gasteiger partial charge is 0.347 e. The van der Waals surface area contributed by atoms with Crippen LogP contribution in [0.15, 0.2) is 42.1 Å². The van der Waals surface area contributed by atoms with Crippen LogP contribution >= 0.6 is 0 Å². The molecule has 0 N–H and O–H groups in total. The number of esters is 2. The second-order valence-electron chi connectivity index (χ2n) is 3.93. The maximum absolute atomic E-state index is 11.8. The van der Waals surface area contributed by atoms with Gasteiger partial charge < -0.3 is 14.4 Å². The topological polar surface area (TPSA) is 55.8 Å². The van der Waals surface area contributed by atoms with Gasteiger partial charge in [0.1, 0.15) is 0 Å². The summed E-state index contributed by atoms with van der Waals surface area (Å²) in [6, 6.07) is 9.36. The van der Waals surface area contributed by atoms with Gasteiger partial charge in [0.05, 0.1) is 13.2 Å². The van der Waals surface area contributed by atoms with Gasteiger partial charge >= 0.3 is 11.9 Å². The lowest BCUT2D eigenvalue weighted by Crippen LogP contribution is -2.22. The highest BCUT2D eigenvalue weighted by molar-refractivity contribution is 6.14. The van der Waals surface area contributed by atoms with E-state index in [1.165, 1.54) is 6.20 Å². The number of carbonyl (C=O) groups excluding carboxylic acids is 2. The number of carbonyl (C=O) groups is 2. The first-order valence-electron chi connectivity index (χ1n) is 6.44. The molecule has 0 aliphatic carbocycles. The summed E-state index contributed by atoms with van der Waals surface area (Å²) in [6.07, 6.45) is 1.42. The Morgan fingerprint density at radius 3 is 2.00 bits per heavy atom. The molecule has 0 aliphatic heterocycles. The lowest BCUT2D eigenvalue weighted by atomic mass is 10.2. The normalized spacial score (nSPS) is 9.55. The molecule has 20 heavy (non-hydrogen) atoms. The number of benzene rings is 1. The van der Waals surface area contributed by atoms with Crippen molar-refractivity contribution < 1.29 is 19.1 Å². The summed E-state index contributed by atoms with van der Waals surface area (Å²) in [5.41, 5.74) is 0.721. The number of para-hydroxylation sites is 1. The molecule has 0 spiro atoms. The molecule has 0 heterocycles. The zero-order valence-corrected chi connectivity index (χ0v) is 12.0. The molecule has 0 atom stereocenters. The first kappa shape index (κ1) is 15.8. The number of nitrogens with zero attached hydrogens (tertiary/aromatic N) is 1. The molecule has 0 aliphatic rings. The van der Waals surface area contributed by atoms with Gasteiger partial charge in [-0.2, -0.15) is 0 Å². The maximum atomic E-state index is 11.8. The van der Waals surface area contributed by atoms with Crippen molar-refractivity contribution in [2.75, 3.05) is 25.2 Å². The summed E-state index contributed by atoms with van der Waals surface area (Å²) in [4.78, 5) is 25.3. The minimum absolute atomic E-state index is 0.125. The second kappa shape index (κ2) is 7.99. The number of hydrogen-bond acceptors (Lipinski definition) is 5. The van der Waals surface area contributed by atoms with Crippen molar-refractivity contribution >= 4 is 17.6 Å². The molecule has 0 amide bonds. The third-order valence-electron chi connectivity index (χ3n) is 2.48. The highest BCUT2D eigenvalue weighted by atomic mass is 16.6. The van der Waals surface area contributed by atoms with E-state index in [0.717, 1.165) is 5.69 Å². The summed E-state index contributed by atoms with van der Waals surface area (Å²) in [6.45, 7) is 3.76. The van der Waals surface area contributed by atoms with Gasteiger partial charge in [-0.1, -0.05) is 18.2 Å². The van der Waals surface area contributed by atoms with Crippen molar-refractivity contribution in [3.05, 3.63) is 42.1 Å². The van der Waals surface area contributed by atoms with Crippen LogP contribution < -0.4 is 4.90 Å². The Hall–Kier alpha value is -2.30. The average molecular weight is 277 g/mol. The van der Waals surface area contributed by atoms with Gasteiger partial charge in [-0.25, -0.2) is 9.59 Å². The molecular weight excluding hydrogens is 258 g/mol. The molecule has 0 aromatic heterocycles. The first-order valence-corrected chi connectivity index (χ1v) is 6.44. The van der Waals surface area contributed by atoms with Crippen LogP contribution in [0.5, 0.6) is 0 Å². The van der Waals surface area contributed by atoms with Crippen LogP contribution in [0.25, 0.3) is 0 Å². The van der Waals surface area contributed by atoms with Gasteiger partial charge in [-0.3, -0.25) is 0 Å². The van der Waals surface area contributed by atoms with E-state index in [9.17, 15) is 9.59 Å². The Morgan fingerprint density at radius 1 is 1.05 bits per heavy atom. The Balaban J connectivity index is 3.00. The van der Waals surface area contributed by atoms with Crippen LogP contribution in [0.3, 0.4) is 0 Å². The maximum Gasteiger partial charge on any atom is 0.347 e. The van der Waals surface area contributed by atoms with Gasteiger partial charge in [-0.05, 0) is 26.0 Å². The van der Waals surface area contributed by atoms with E-state index in [0.29, 0.717) is 0 Å². The van der Waals surface area contributed by atoms with Crippen LogP contribution in [0, 0.1) is 0 Å². The molecule has 0 bridgehead atoms. The van der Waals surface area contributed by atoms with Crippen LogP contribution in [0.1, 0.15) is 13.8 Å². The molecule has 0 fully saturated rings. The second-order valence-corrected chi connectivity index (χ2v) is 3.93. The first-order chi connectivity index (χ1) is 9.60. The van der Waals surface area contributed by atoms with E-state index in [-0.39, 0.29) is 18.8 Å². The van der Waals surface area contributed by atoms with Crippen LogP contribution in [0.2, 0.25) is 0 Å². The van der Waals surface area contributed by atoms with Crippen molar-refractivity contribution in [1.82, 2.24) is 0 Å². The molecule has 0 saturated carbocycles. The van der Waals surface area contributed by atoms with E-state index < -0.39 is 11.9 Å². The summed E-state index contributed by atoms with van der Waals surface area (Å²) in [5.74, 6) is -1.37. The highest BCUT2D eigenvalue weighted by Crippen LogP contribution is 2.14. The third kappa shape index (κ3) is 4.42.